The Balaban J connectivity index is 2.09. The van der Waals surface area contributed by atoms with Gasteiger partial charge in [0.1, 0.15) is 0 Å². The van der Waals surface area contributed by atoms with E-state index in [1.165, 1.54) is 51.9 Å². The van der Waals surface area contributed by atoms with Crippen molar-refractivity contribution in [2.45, 2.75) is 52.0 Å². The van der Waals surface area contributed by atoms with Crippen LogP contribution in [0.1, 0.15) is 46.5 Å². The van der Waals surface area contributed by atoms with Crippen LogP contribution < -0.4 is 5.32 Å². The van der Waals surface area contributed by atoms with Gasteiger partial charge in [-0.1, -0.05) is 20.8 Å². The fourth-order valence-electron chi connectivity index (χ4n) is 4.14. The van der Waals surface area contributed by atoms with Crippen molar-refractivity contribution in [2.75, 3.05) is 26.2 Å². The van der Waals surface area contributed by atoms with Crippen molar-refractivity contribution in [1.82, 2.24) is 10.2 Å². The van der Waals surface area contributed by atoms with Crippen molar-refractivity contribution in [3.05, 3.63) is 0 Å². The Hall–Kier alpha value is -0.0800. The predicted molar refractivity (Wildman–Crippen MR) is 69.6 cm³/mol. The van der Waals surface area contributed by atoms with E-state index < -0.39 is 0 Å². The number of hydrogen-bond acceptors (Lipinski definition) is 2. The maximum atomic E-state index is 3.48. The van der Waals surface area contributed by atoms with Crippen molar-refractivity contribution in [2.24, 2.45) is 11.8 Å². The third-order valence-corrected chi connectivity index (χ3v) is 4.71. The van der Waals surface area contributed by atoms with Crippen LogP contribution in [0.5, 0.6) is 0 Å². The third-order valence-electron chi connectivity index (χ3n) is 4.71. The molecular weight excluding hydrogens is 196 g/mol. The van der Waals surface area contributed by atoms with E-state index in [4.69, 9.17) is 0 Å². The van der Waals surface area contributed by atoms with Crippen molar-refractivity contribution >= 4 is 0 Å². The fraction of sp³-hybridized carbons (Fsp3) is 1.00. The number of nitrogens with one attached hydrogen (secondary N) is 1. The minimum atomic E-state index is 0.527. The van der Waals surface area contributed by atoms with Crippen molar-refractivity contribution < 1.29 is 0 Å². The van der Waals surface area contributed by atoms with Crippen LogP contribution >= 0.6 is 0 Å². The second-order valence-electron chi connectivity index (χ2n) is 6.17. The SMILES string of the molecule is CCC1(N2CCNCC2)C[C@H](C)C[C@H](C)C1. The summed E-state index contributed by atoms with van der Waals surface area (Å²) in [4.78, 5) is 2.79. The summed E-state index contributed by atoms with van der Waals surface area (Å²) in [5, 5.41) is 3.48. The quantitative estimate of drug-likeness (QED) is 0.775. The highest BCUT2D eigenvalue weighted by molar-refractivity contribution is 4.97. The van der Waals surface area contributed by atoms with Crippen LogP contribution in [0.25, 0.3) is 0 Å². The van der Waals surface area contributed by atoms with Crippen LogP contribution in [-0.4, -0.2) is 36.6 Å². The summed E-state index contributed by atoms with van der Waals surface area (Å²) in [6.07, 6.45) is 5.62. The molecule has 0 radical (unpaired) electrons. The maximum absolute atomic E-state index is 3.48. The van der Waals surface area contributed by atoms with Gasteiger partial charge in [-0.25, -0.2) is 0 Å². The van der Waals surface area contributed by atoms with E-state index in [-0.39, 0.29) is 0 Å². The Bertz CT molecular complexity index is 211. The second kappa shape index (κ2) is 5.05. The van der Waals surface area contributed by atoms with E-state index in [2.05, 4.69) is 31.0 Å². The number of rotatable bonds is 2. The zero-order valence-electron chi connectivity index (χ0n) is 11.3. The van der Waals surface area contributed by atoms with E-state index in [1.807, 2.05) is 0 Å². The number of piperazine rings is 1. The van der Waals surface area contributed by atoms with Gasteiger partial charge in [0.15, 0.2) is 0 Å². The highest BCUT2D eigenvalue weighted by atomic mass is 15.2. The number of nitrogens with zero attached hydrogens (tertiary/aromatic N) is 1. The zero-order valence-corrected chi connectivity index (χ0v) is 11.3. The molecule has 0 aromatic rings. The lowest BCUT2D eigenvalue weighted by Crippen LogP contribution is -2.58. The standard InChI is InChI=1S/C14H28N2/c1-4-14(16-7-5-15-6-8-16)10-12(2)9-13(3)11-14/h12-13,15H,4-11H2,1-3H3/t12-,13+,14?. The van der Waals surface area contributed by atoms with Gasteiger partial charge in [-0.05, 0) is 37.5 Å². The minimum Gasteiger partial charge on any atom is -0.314 e. The molecule has 2 fully saturated rings. The van der Waals surface area contributed by atoms with Crippen LogP contribution in [0, 0.1) is 11.8 Å². The smallest absolute Gasteiger partial charge is 0.0213 e. The van der Waals surface area contributed by atoms with Gasteiger partial charge in [0.2, 0.25) is 0 Å². The molecule has 1 saturated carbocycles. The Kier molecular flexibility index (Phi) is 3.91. The molecule has 0 aromatic heterocycles. The first-order valence-corrected chi connectivity index (χ1v) is 7.12. The largest absolute Gasteiger partial charge is 0.314 e. The average Bonchev–Trinajstić information content (AvgIpc) is 2.29. The average molecular weight is 224 g/mol. The lowest BCUT2D eigenvalue weighted by Gasteiger charge is -2.51. The first kappa shape index (κ1) is 12.4. The molecule has 1 N–H and O–H groups in total. The highest BCUT2D eigenvalue weighted by Crippen LogP contribution is 2.41. The normalized spacial score (nSPS) is 42.2. The molecule has 2 heteroatoms. The molecular formula is C14H28N2. The van der Waals surface area contributed by atoms with Crippen molar-refractivity contribution in [3.8, 4) is 0 Å². The van der Waals surface area contributed by atoms with Crippen molar-refractivity contribution in [1.29, 1.82) is 0 Å². The Morgan fingerprint density at radius 1 is 1.12 bits per heavy atom. The third kappa shape index (κ3) is 2.43. The molecule has 2 rings (SSSR count). The second-order valence-corrected chi connectivity index (χ2v) is 6.17. The van der Waals surface area contributed by atoms with Gasteiger partial charge in [0, 0.05) is 31.7 Å². The van der Waals surface area contributed by atoms with Crippen LogP contribution in [-0.2, 0) is 0 Å². The molecule has 2 nitrogen and oxygen atoms in total. The molecule has 1 saturated heterocycles. The van der Waals surface area contributed by atoms with E-state index >= 15 is 0 Å². The molecule has 0 amide bonds. The molecule has 0 bridgehead atoms. The predicted octanol–water partition coefficient (Wildman–Crippen LogP) is 2.50. The Labute approximate surface area is 101 Å². The molecule has 3 atom stereocenters. The molecule has 0 spiro atoms. The summed E-state index contributed by atoms with van der Waals surface area (Å²) < 4.78 is 0. The Morgan fingerprint density at radius 2 is 1.69 bits per heavy atom. The van der Waals surface area contributed by atoms with Crippen molar-refractivity contribution in [3.63, 3.8) is 0 Å². The van der Waals surface area contributed by atoms with Gasteiger partial charge < -0.3 is 5.32 Å². The van der Waals surface area contributed by atoms with Crippen LogP contribution in [0.2, 0.25) is 0 Å². The van der Waals surface area contributed by atoms with Gasteiger partial charge in [-0.15, -0.1) is 0 Å². The van der Waals surface area contributed by atoms with Gasteiger partial charge in [-0.3, -0.25) is 4.90 Å². The molecule has 2 aliphatic rings. The van der Waals surface area contributed by atoms with E-state index in [0.29, 0.717) is 5.54 Å². The van der Waals surface area contributed by atoms with Crippen LogP contribution in [0.3, 0.4) is 0 Å². The van der Waals surface area contributed by atoms with Gasteiger partial charge in [-0.2, -0.15) is 0 Å². The molecule has 1 aliphatic carbocycles. The molecule has 1 heterocycles. The molecule has 1 unspecified atom stereocenters. The van der Waals surface area contributed by atoms with Gasteiger partial charge in [0.05, 0.1) is 0 Å². The molecule has 16 heavy (non-hydrogen) atoms. The zero-order chi connectivity index (χ0) is 11.6. The van der Waals surface area contributed by atoms with E-state index in [1.54, 1.807) is 0 Å². The number of hydrogen-bond donors (Lipinski definition) is 1. The monoisotopic (exact) mass is 224 g/mol. The van der Waals surface area contributed by atoms with E-state index in [9.17, 15) is 0 Å². The topological polar surface area (TPSA) is 15.3 Å². The first-order valence-electron chi connectivity index (χ1n) is 7.12. The lowest BCUT2D eigenvalue weighted by atomic mass is 9.69. The summed E-state index contributed by atoms with van der Waals surface area (Å²) >= 11 is 0. The van der Waals surface area contributed by atoms with Gasteiger partial charge >= 0.3 is 0 Å². The summed E-state index contributed by atoms with van der Waals surface area (Å²) in [6.45, 7) is 12.2. The minimum absolute atomic E-state index is 0.527. The summed E-state index contributed by atoms with van der Waals surface area (Å²) in [5.74, 6) is 1.83. The lowest BCUT2D eigenvalue weighted by molar-refractivity contribution is 0.00202. The van der Waals surface area contributed by atoms with E-state index in [0.717, 1.165) is 11.8 Å². The summed E-state index contributed by atoms with van der Waals surface area (Å²) in [7, 11) is 0. The molecule has 0 aromatic carbocycles. The first-order chi connectivity index (χ1) is 7.66. The van der Waals surface area contributed by atoms with Crippen LogP contribution in [0.4, 0.5) is 0 Å². The summed E-state index contributed by atoms with van der Waals surface area (Å²) in [5.41, 5.74) is 0.527. The molecule has 94 valence electrons. The fourth-order valence-corrected chi connectivity index (χ4v) is 4.14. The summed E-state index contributed by atoms with van der Waals surface area (Å²) in [6, 6.07) is 0. The Morgan fingerprint density at radius 3 is 2.19 bits per heavy atom. The maximum Gasteiger partial charge on any atom is 0.0213 e. The molecule has 1 aliphatic heterocycles. The van der Waals surface area contributed by atoms with Crippen LogP contribution in [0.15, 0.2) is 0 Å². The highest BCUT2D eigenvalue weighted by Gasteiger charge is 2.41. The van der Waals surface area contributed by atoms with Gasteiger partial charge in [0.25, 0.3) is 0 Å².